The summed E-state index contributed by atoms with van der Waals surface area (Å²) in [5.74, 6) is -1.26. The minimum absolute atomic E-state index is 0.0558. The molecule has 0 unspecified atom stereocenters. The molecule has 0 aliphatic heterocycles. The van der Waals surface area contributed by atoms with Gasteiger partial charge < -0.3 is 14.8 Å². The van der Waals surface area contributed by atoms with Gasteiger partial charge in [-0.05, 0) is 6.42 Å². The van der Waals surface area contributed by atoms with Crippen molar-refractivity contribution < 1.29 is 23.9 Å². The van der Waals surface area contributed by atoms with Crippen LogP contribution in [-0.2, 0) is 23.9 Å². The van der Waals surface area contributed by atoms with Crippen molar-refractivity contribution >= 4 is 17.8 Å². The van der Waals surface area contributed by atoms with E-state index >= 15 is 0 Å². The molecule has 16 heavy (non-hydrogen) atoms. The first-order valence-electron chi connectivity index (χ1n) is 4.99. The third-order valence-corrected chi connectivity index (χ3v) is 2.01. The van der Waals surface area contributed by atoms with E-state index in [1.165, 1.54) is 14.2 Å². The van der Waals surface area contributed by atoms with Crippen molar-refractivity contribution in [1.82, 2.24) is 5.32 Å². The maximum absolute atomic E-state index is 11.3. The first kappa shape index (κ1) is 14.4. The van der Waals surface area contributed by atoms with E-state index in [0.717, 1.165) is 0 Å². The van der Waals surface area contributed by atoms with E-state index in [-0.39, 0.29) is 25.2 Å². The van der Waals surface area contributed by atoms with Gasteiger partial charge in [0.15, 0.2) is 0 Å². The molecule has 6 heteroatoms. The molecule has 6 nitrogen and oxygen atoms in total. The van der Waals surface area contributed by atoms with Gasteiger partial charge in [0.05, 0.1) is 14.2 Å². The van der Waals surface area contributed by atoms with Crippen LogP contribution in [0.2, 0.25) is 0 Å². The molecule has 0 aliphatic carbocycles. The third kappa shape index (κ3) is 5.33. The molecule has 92 valence electrons. The van der Waals surface area contributed by atoms with Crippen molar-refractivity contribution in [3.63, 3.8) is 0 Å². The summed E-state index contributed by atoms with van der Waals surface area (Å²) in [5.41, 5.74) is 0. The minimum atomic E-state index is -0.795. The monoisotopic (exact) mass is 231 g/mol. The fraction of sp³-hybridized carbons (Fsp3) is 0.700. The summed E-state index contributed by atoms with van der Waals surface area (Å²) in [5, 5.41) is 2.48. The van der Waals surface area contributed by atoms with Gasteiger partial charge in [-0.2, -0.15) is 0 Å². The van der Waals surface area contributed by atoms with E-state index in [4.69, 9.17) is 0 Å². The summed E-state index contributed by atoms with van der Waals surface area (Å²) in [7, 11) is 2.49. The summed E-state index contributed by atoms with van der Waals surface area (Å²) in [6, 6.07) is -0.795. The molecule has 0 saturated carbocycles. The first-order valence-corrected chi connectivity index (χ1v) is 4.99. The van der Waals surface area contributed by atoms with E-state index in [1.807, 2.05) is 0 Å². The molecular weight excluding hydrogens is 214 g/mol. The number of hydrogen-bond donors (Lipinski definition) is 1. The number of carbonyl (C=O) groups is 3. The van der Waals surface area contributed by atoms with Crippen LogP contribution in [0.25, 0.3) is 0 Å². The molecule has 0 bridgehead atoms. The largest absolute Gasteiger partial charge is 0.469 e. The fourth-order valence-electron chi connectivity index (χ4n) is 1.05. The van der Waals surface area contributed by atoms with Crippen molar-refractivity contribution in [3.05, 3.63) is 0 Å². The molecule has 0 rings (SSSR count). The van der Waals surface area contributed by atoms with Gasteiger partial charge in [0.1, 0.15) is 6.04 Å². The zero-order valence-electron chi connectivity index (χ0n) is 9.74. The minimum Gasteiger partial charge on any atom is -0.469 e. The van der Waals surface area contributed by atoms with Gasteiger partial charge in [-0.25, -0.2) is 4.79 Å². The average Bonchev–Trinajstić information content (AvgIpc) is 2.32. The van der Waals surface area contributed by atoms with Crippen molar-refractivity contribution in [1.29, 1.82) is 0 Å². The van der Waals surface area contributed by atoms with Crippen LogP contribution in [0.4, 0.5) is 0 Å². The second-order valence-electron chi connectivity index (χ2n) is 3.11. The predicted molar refractivity (Wildman–Crippen MR) is 55.5 cm³/mol. The number of nitrogens with one attached hydrogen (secondary N) is 1. The number of methoxy groups -OCH3 is 2. The Morgan fingerprint density at radius 2 is 1.81 bits per heavy atom. The quantitative estimate of drug-likeness (QED) is 0.651. The Morgan fingerprint density at radius 3 is 2.25 bits per heavy atom. The van der Waals surface area contributed by atoms with Crippen LogP contribution in [0.5, 0.6) is 0 Å². The van der Waals surface area contributed by atoms with Gasteiger partial charge in [-0.15, -0.1) is 0 Å². The summed E-state index contributed by atoms with van der Waals surface area (Å²) in [6.07, 6.45) is 0.497. The molecular formula is C10H17NO5. The van der Waals surface area contributed by atoms with Gasteiger partial charge in [0.25, 0.3) is 0 Å². The molecule has 0 radical (unpaired) electrons. The van der Waals surface area contributed by atoms with Crippen molar-refractivity contribution in [2.24, 2.45) is 0 Å². The molecule has 1 atom stereocenters. The Labute approximate surface area is 94.3 Å². The van der Waals surface area contributed by atoms with Crippen molar-refractivity contribution in [2.75, 3.05) is 14.2 Å². The molecule has 0 spiro atoms. The maximum Gasteiger partial charge on any atom is 0.328 e. The third-order valence-electron chi connectivity index (χ3n) is 2.01. The molecule has 0 aliphatic rings. The lowest BCUT2D eigenvalue weighted by molar-refractivity contribution is -0.146. The molecule has 0 aromatic heterocycles. The van der Waals surface area contributed by atoms with Gasteiger partial charge in [0, 0.05) is 12.8 Å². The van der Waals surface area contributed by atoms with Crippen LogP contribution in [-0.4, -0.2) is 38.1 Å². The summed E-state index contributed by atoms with van der Waals surface area (Å²) in [6.45, 7) is 1.67. The molecule has 0 fully saturated rings. The maximum atomic E-state index is 11.3. The number of rotatable bonds is 6. The number of amides is 1. The van der Waals surface area contributed by atoms with E-state index in [2.05, 4.69) is 14.8 Å². The Kier molecular flexibility index (Phi) is 6.91. The van der Waals surface area contributed by atoms with Crippen LogP contribution in [0, 0.1) is 0 Å². The van der Waals surface area contributed by atoms with Crippen LogP contribution in [0.1, 0.15) is 26.2 Å². The second-order valence-corrected chi connectivity index (χ2v) is 3.11. The van der Waals surface area contributed by atoms with Crippen LogP contribution < -0.4 is 5.32 Å². The molecule has 0 heterocycles. The average molecular weight is 231 g/mol. The van der Waals surface area contributed by atoms with Crippen molar-refractivity contribution in [2.45, 2.75) is 32.2 Å². The SMILES string of the molecule is CCC(=O)N[C@@H](CCC(=O)OC)C(=O)OC. The fourth-order valence-corrected chi connectivity index (χ4v) is 1.05. The molecule has 0 aromatic carbocycles. The van der Waals surface area contributed by atoms with Crippen LogP contribution in [0.15, 0.2) is 0 Å². The Morgan fingerprint density at radius 1 is 1.19 bits per heavy atom. The lowest BCUT2D eigenvalue weighted by Gasteiger charge is -2.15. The van der Waals surface area contributed by atoms with Gasteiger partial charge in [-0.1, -0.05) is 6.92 Å². The number of hydrogen-bond acceptors (Lipinski definition) is 5. The van der Waals surface area contributed by atoms with Gasteiger partial charge in [-0.3, -0.25) is 9.59 Å². The summed E-state index contributed by atoms with van der Waals surface area (Å²) >= 11 is 0. The normalized spacial score (nSPS) is 11.4. The number of esters is 2. The highest BCUT2D eigenvalue weighted by atomic mass is 16.5. The van der Waals surface area contributed by atoms with Crippen LogP contribution >= 0.6 is 0 Å². The highest BCUT2D eigenvalue weighted by Crippen LogP contribution is 2.01. The van der Waals surface area contributed by atoms with Gasteiger partial charge >= 0.3 is 11.9 Å². The van der Waals surface area contributed by atoms with Crippen molar-refractivity contribution in [3.8, 4) is 0 Å². The van der Waals surface area contributed by atoms with E-state index in [0.29, 0.717) is 0 Å². The zero-order valence-corrected chi connectivity index (χ0v) is 9.74. The predicted octanol–water partition coefficient (Wildman–Crippen LogP) is 0.00740. The Balaban J connectivity index is 4.26. The molecule has 1 amide bonds. The molecule has 1 N–H and O–H groups in total. The smallest absolute Gasteiger partial charge is 0.328 e. The summed E-state index contributed by atoms with van der Waals surface area (Å²) in [4.78, 5) is 33.3. The second kappa shape index (κ2) is 7.67. The first-order chi connectivity index (χ1) is 7.54. The highest BCUT2D eigenvalue weighted by Gasteiger charge is 2.21. The lowest BCUT2D eigenvalue weighted by atomic mass is 10.1. The number of carbonyl (C=O) groups excluding carboxylic acids is 3. The topological polar surface area (TPSA) is 81.7 Å². The van der Waals surface area contributed by atoms with E-state index in [1.54, 1.807) is 6.92 Å². The Hall–Kier alpha value is -1.59. The standard InChI is InChI=1S/C10H17NO5/c1-4-8(12)11-7(10(14)16-3)5-6-9(13)15-2/h7H,4-6H2,1-3H3,(H,11,12)/t7-/m0/s1. The van der Waals surface area contributed by atoms with E-state index < -0.39 is 18.0 Å². The molecule has 0 saturated heterocycles. The Bertz CT molecular complexity index is 264. The summed E-state index contributed by atoms with van der Waals surface area (Å²) < 4.78 is 8.96. The highest BCUT2D eigenvalue weighted by molar-refractivity contribution is 5.84. The lowest BCUT2D eigenvalue weighted by Crippen LogP contribution is -2.41. The van der Waals surface area contributed by atoms with Gasteiger partial charge in [0.2, 0.25) is 5.91 Å². The zero-order chi connectivity index (χ0) is 12.6. The van der Waals surface area contributed by atoms with Crippen LogP contribution in [0.3, 0.4) is 0 Å². The van der Waals surface area contributed by atoms with E-state index in [9.17, 15) is 14.4 Å². The molecule has 0 aromatic rings. The number of ether oxygens (including phenoxy) is 2.